The van der Waals surface area contributed by atoms with Crippen LogP contribution in [0.15, 0.2) is 0 Å². The third-order valence-electron chi connectivity index (χ3n) is 4.72. The lowest BCUT2D eigenvalue weighted by Gasteiger charge is -2.32. The second-order valence-corrected chi connectivity index (χ2v) is 6.08. The number of hydrogen-bond acceptors (Lipinski definition) is 3. The molecule has 1 saturated heterocycles. The summed E-state index contributed by atoms with van der Waals surface area (Å²) in [6.45, 7) is 5.75. The summed E-state index contributed by atoms with van der Waals surface area (Å²) in [5.41, 5.74) is 0. The van der Waals surface area contributed by atoms with E-state index in [1.54, 1.807) is 0 Å². The molecule has 2 rings (SSSR count). The van der Waals surface area contributed by atoms with Crippen LogP contribution in [0.4, 0.5) is 0 Å². The zero-order valence-corrected chi connectivity index (χ0v) is 11.9. The topological polar surface area (TPSA) is 35.5 Å². The van der Waals surface area contributed by atoms with E-state index in [0.717, 1.165) is 31.5 Å². The Hall–Kier alpha value is -0.120. The van der Waals surface area contributed by atoms with Crippen molar-refractivity contribution >= 4 is 0 Å². The van der Waals surface area contributed by atoms with E-state index in [0.29, 0.717) is 0 Å². The maximum absolute atomic E-state index is 9.48. The molecule has 2 atom stereocenters. The van der Waals surface area contributed by atoms with Crippen LogP contribution in [-0.2, 0) is 0 Å². The van der Waals surface area contributed by atoms with Gasteiger partial charge in [-0.1, -0.05) is 19.8 Å². The van der Waals surface area contributed by atoms with Gasteiger partial charge in [0.2, 0.25) is 0 Å². The van der Waals surface area contributed by atoms with Crippen molar-refractivity contribution in [1.29, 1.82) is 0 Å². The van der Waals surface area contributed by atoms with Crippen LogP contribution in [0.1, 0.15) is 51.9 Å². The molecule has 2 N–H and O–H groups in total. The van der Waals surface area contributed by atoms with Crippen LogP contribution >= 0.6 is 0 Å². The van der Waals surface area contributed by atoms with E-state index in [4.69, 9.17) is 0 Å². The monoisotopic (exact) mass is 254 g/mol. The summed E-state index contributed by atoms with van der Waals surface area (Å²) in [5.74, 6) is 0.943. The van der Waals surface area contributed by atoms with Crippen molar-refractivity contribution in [2.45, 2.75) is 64.0 Å². The van der Waals surface area contributed by atoms with Crippen LogP contribution in [0.5, 0.6) is 0 Å². The molecule has 0 spiro atoms. The van der Waals surface area contributed by atoms with Crippen LogP contribution in [0.2, 0.25) is 0 Å². The van der Waals surface area contributed by atoms with Gasteiger partial charge in [-0.05, 0) is 51.1 Å². The first kappa shape index (κ1) is 14.3. The van der Waals surface area contributed by atoms with Crippen LogP contribution < -0.4 is 5.32 Å². The van der Waals surface area contributed by atoms with Crippen LogP contribution in [0, 0.1) is 5.92 Å². The van der Waals surface area contributed by atoms with E-state index in [2.05, 4.69) is 17.1 Å². The van der Waals surface area contributed by atoms with E-state index >= 15 is 0 Å². The van der Waals surface area contributed by atoms with E-state index in [9.17, 15) is 5.11 Å². The zero-order chi connectivity index (χ0) is 12.8. The minimum absolute atomic E-state index is 0.270. The van der Waals surface area contributed by atoms with Gasteiger partial charge in [0.25, 0.3) is 0 Å². The third-order valence-corrected chi connectivity index (χ3v) is 4.72. The number of rotatable bonds is 7. The maximum atomic E-state index is 9.48. The Balaban J connectivity index is 1.82. The fraction of sp³-hybridized carbons (Fsp3) is 1.00. The number of hydrogen-bond donors (Lipinski definition) is 2. The van der Waals surface area contributed by atoms with Gasteiger partial charge < -0.3 is 10.4 Å². The van der Waals surface area contributed by atoms with Gasteiger partial charge in [0, 0.05) is 18.6 Å². The first-order chi connectivity index (χ1) is 8.85. The fourth-order valence-electron chi connectivity index (χ4n) is 3.77. The summed E-state index contributed by atoms with van der Waals surface area (Å²) < 4.78 is 0. The molecule has 106 valence electrons. The Morgan fingerprint density at radius 1 is 1.22 bits per heavy atom. The van der Waals surface area contributed by atoms with Gasteiger partial charge in [0.15, 0.2) is 0 Å². The average molecular weight is 254 g/mol. The van der Waals surface area contributed by atoms with Gasteiger partial charge in [-0.25, -0.2) is 0 Å². The highest BCUT2D eigenvalue weighted by molar-refractivity contribution is 4.89. The minimum atomic E-state index is 0.270. The second-order valence-electron chi connectivity index (χ2n) is 6.08. The molecule has 0 aromatic rings. The average Bonchev–Trinajstić information content (AvgIpc) is 3.04. The van der Waals surface area contributed by atoms with Crippen molar-refractivity contribution in [1.82, 2.24) is 10.2 Å². The first-order valence-corrected chi connectivity index (χ1v) is 7.93. The quantitative estimate of drug-likeness (QED) is 0.729. The lowest BCUT2D eigenvalue weighted by molar-refractivity contribution is 0.144. The Labute approximate surface area is 112 Å². The van der Waals surface area contributed by atoms with Crippen molar-refractivity contribution in [2.75, 3.05) is 26.2 Å². The summed E-state index contributed by atoms with van der Waals surface area (Å²) >= 11 is 0. The maximum Gasteiger partial charge on any atom is 0.0597 e. The molecule has 3 nitrogen and oxygen atoms in total. The van der Waals surface area contributed by atoms with E-state index in [1.807, 2.05) is 0 Å². The molecule has 1 aliphatic carbocycles. The first-order valence-electron chi connectivity index (χ1n) is 7.93. The molecule has 18 heavy (non-hydrogen) atoms. The van der Waals surface area contributed by atoms with E-state index in [1.165, 1.54) is 45.1 Å². The molecule has 2 fully saturated rings. The minimum Gasteiger partial charge on any atom is -0.395 e. The molecule has 2 aliphatic rings. The Kier molecular flexibility index (Phi) is 5.93. The SMILES string of the molecule is CCCNC(CO)CN1CCCC1C1CCCC1. The third kappa shape index (κ3) is 3.69. The number of likely N-dealkylation sites (tertiary alicyclic amines) is 1. The van der Waals surface area contributed by atoms with Crippen LogP contribution in [0.25, 0.3) is 0 Å². The van der Waals surface area contributed by atoms with Gasteiger partial charge in [0.1, 0.15) is 0 Å². The van der Waals surface area contributed by atoms with Crippen LogP contribution in [-0.4, -0.2) is 48.3 Å². The molecular formula is C15H30N2O. The zero-order valence-electron chi connectivity index (χ0n) is 11.9. The molecule has 0 amide bonds. The normalized spacial score (nSPS) is 28.0. The van der Waals surface area contributed by atoms with Gasteiger partial charge in [0.05, 0.1) is 6.61 Å². The van der Waals surface area contributed by atoms with E-state index in [-0.39, 0.29) is 12.6 Å². The summed E-state index contributed by atoms with van der Waals surface area (Å²) in [6, 6.07) is 1.08. The largest absolute Gasteiger partial charge is 0.395 e. The van der Waals surface area contributed by atoms with Crippen molar-refractivity contribution in [3.63, 3.8) is 0 Å². The molecule has 1 heterocycles. The van der Waals surface area contributed by atoms with Crippen molar-refractivity contribution in [3.05, 3.63) is 0 Å². The summed E-state index contributed by atoms with van der Waals surface area (Å²) in [7, 11) is 0. The predicted molar refractivity (Wildman–Crippen MR) is 75.7 cm³/mol. The Morgan fingerprint density at radius 3 is 2.67 bits per heavy atom. The lowest BCUT2D eigenvalue weighted by atomic mass is 9.96. The summed E-state index contributed by atoms with van der Waals surface area (Å²) in [4.78, 5) is 2.65. The van der Waals surface area contributed by atoms with Gasteiger partial charge in [-0.3, -0.25) is 4.90 Å². The molecule has 0 bridgehead atoms. The van der Waals surface area contributed by atoms with Gasteiger partial charge in [-0.2, -0.15) is 0 Å². The number of aliphatic hydroxyl groups excluding tert-OH is 1. The number of nitrogens with zero attached hydrogens (tertiary/aromatic N) is 1. The molecular weight excluding hydrogens is 224 g/mol. The summed E-state index contributed by atoms with van der Waals surface area (Å²) in [5, 5.41) is 12.9. The summed E-state index contributed by atoms with van der Waals surface area (Å²) in [6.07, 6.45) is 9.63. The molecule has 1 aliphatic heterocycles. The lowest BCUT2D eigenvalue weighted by Crippen LogP contribution is -2.46. The Bertz CT molecular complexity index is 229. The van der Waals surface area contributed by atoms with Crippen molar-refractivity contribution in [3.8, 4) is 0 Å². The Morgan fingerprint density at radius 2 is 2.00 bits per heavy atom. The number of aliphatic hydroxyl groups is 1. The predicted octanol–water partition coefficient (Wildman–Crippen LogP) is 2.00. The second kappa shape index (κ2) is 7.46. The van der Waals surface area contributed by atoms with Gasteiger partial charge in [-0.15, -0.1) is 0 Å². The molecule has 0 radical (unpaired) electrons. The molecule has 0 aromatic carbocycles. The fourth-order valence-corrected chi connectivity index (χ4v) is 3.77. The molecule has 1 saturated carbocycles. The van der Waals surface area contributed by atoms with E-state index < -0.39 is 0 Å². The highest BCUT2D eigenvalue weighted by Gasteiger charge is 2.33. The van der Waals surface area contributed by atoms with Crippen molar-refractivity contribution in [2.24, 2.45) is 5.92 Å². The standard InChI is InChI=1S/C15H30N2O/c1-2-9-16-14(12-18)11-17-10-5-8-15(17)13-6-3-4-7-13/h13-16,18H,2-12H2,1H3. The van der Waals surface area contributed by atoms with Gasteiger partial charge >= 0.3 is 0 Å². The number of nitrogens with one attached hydrogen (secondary N) is 1. The van der Waals surface area contributed by atoms with Crippen molar-refractivity contribution < 1.29 is 5.11 Å². The molecule has 0 aromatic heterocycles. The highest BCUT2D eigenvalue weighted by Crippen LogP contribution is 2.35. The smallest absolute Gasteiger partial charge is 0.0597 e. The van der Waals surface area contributed by atoms with Crippen LogP contribution in [0.3, 0.4) is 0 Å². The molecule has 3 heteroatoms. The molecule has 2 unspecified atom stereocenters. The highest BCUT2D eigenvalue weighted by atomic mass is 16.3.